The normalized spacial score (nSPS) is 11.7. The van der Waals surface area contributed by atoms with E-state index in [-0.39, 0.29) is 77.9 Å². The molecule has 0 fully saturated rings. The molecule has 0 bridgehead atoms. The maximum Gasteiger partial charge on any atom is 2.00 e. The first-order valence-electron chi connectivity index (χ1n) is 32.4. The molecule has 0 unspecified atom stereocenters. The summed E-state index contributed by atoms with van der Waals surface area (Å²) in [6.45, 7) is 20.2. The molecule has 0 N–H and O–H groups in total. The molecule has 2 aliphatic heterocycles. The fraction of sp³-hybridized carbons (Fsp3) is 0.0222. The van der Waals surface area contributed by atoms with Crippen LogP contribution in [0.2, 0.25) is 0 Å². The number of nitrogens with zero attached hydrogens (tertiary/aromatic N) is 6. The number of aromatic nitrogens is 3. The van der Waals surface area contributed by atoms with Crippen LogP contribution in [0.4, 0.5) is 11.4 Å². The van der Waals surface area contributed by atoms with E-state index in [0.29, 0.717) is 0 Å². The molecule has 0 atom stereocenters. The van der Waals surface area contributed by atoms with Gasteiger partial charge in [0.2, 0.25) is 0 Å². The summed E-state index contributed by atoms with van der Waals surface area (Å²) in [5, 5.41) is 4.68. The topological polar surface area (TPSA) is 49.7 Å². The first-order chi connectivity index (χ1) is 48.1. The Labute approximate surface area is 657 Å². The molecule has 0 saturated carbocycles. The summed E-state index contributed by atoms with van der Waals surface area (Å²) >= 11 is 1.53. The SMILES string of the molecule is [CH2-]c1ccccc1-c1cc(-c2ccc(-c3ccccc3)cc2)n(C)n1.[CH2-]c1ccccc1-c1cc(-c2ccc(-c3ccccc3)cc2)sn1.[CH2-]c1ccccc1N1C=C(c2ccc(-c3ccccc3)cc2)N(C)[CH-]1.[CH2-]c1ccccc1N1C=C(c2ccc(-c3ccccc3)cc2)O[CH-]1.[Rh+2].[Rh+2].[Rh].[Rh]. The summed E-state index contributed by atoms with van der Waals surface area (Å²) in [4.78, 5) is 7.41. The van der Waals surface area contributed by atoms with Gasteiger partial charge in [0.05, 0.1) is 10.6 Å². The van der Waals surface area contributed by atoms with Gasteiger partial charge in [0, 0.05) is 74.9 Å². The summed E-state index contributed by atoms with van der Waals surface area (Å²) in [6, 6.07) is 113. The van der Waals surface area contributed by atoms with E-state index in [1.807, 2.05) is 126 Å². The molecule has 0 spiro atoms. The standard InChI is InChI=1S/C23H20N2.C23H19N2.C22H17NO.C22H16NS.4Rh/c1-18-8-6-7-11-22(18)25-16-23(24(2)17-25)21-14-12-20(13-15-21)19-9-4-3-5-10-19;1-17-8-6-7-11-21(17)22-16-23(25(2)24-22)20-14-12-19(13-15-20)18-9-4-3-5-10-18;1-17-7-5-6-10-21(17)23-15-22(24-16-23)20-13-11-19(12-14-20)18-8-3-2-4-9-18;1-16-7-5-6-10-20(16)21-15-22(24-23-21)19-13-11-18(12-14-19)17-8-3-2-4-9-17;;;;/h3-17H,1H2,2H3;3-16H,1H2,2H3;2-16H,1H2;2-15H,1H2;;;;/q-2;-1;-2;-1;;;2*+2. The zero-order chi connectivity index (χ0) is 67.2. The summed E-state index contributed by atoms with van der Waals surface area (Å²) < 4.78 is 12.3. The van der Waals surface area contributed by atoms with E-state index in [2.05, 4.69) is 291 Å². The molecular weight excluding hydrogens is 1620 g/mol. The molecule has 512 valence electrons. The monoisotopic (exact) mass is 1700 g/mol. The Bertz CT molecular complexity index is 5010. The second-order valence-corrected chi connectivity index (χ2v) is 24.5. The number of benzene rings is 12. The number of hydrogen-bond acceptors (Lipinski definition) is 7. The van der Waals surface area contributed by atoms with E-state index in [1.165, 1.54) is 77.7 Å². The van der Waals surface area contributed by atoms with E-state index in [1.54, 1.807) is 6.73 Å². The quantitative estimate of drug-likeness (QED) is 0.0897. The van der Waals surface area contributed by atoms with Crippen molar-refractivity contribution in [3.05, 3.63) is 414 Å². The van der Waals surface area contributed by atoms with Gasteiger partial charge in [-0.2, -0.15) is 86.0 Å². The van der Waals surface area contributed by atoms with Gasteiger partial charge in [-0.25, -0.2) is 4.37 Å². The Morgan fingerprint density at radius 3 is 1.14 bits per heavy atom. The second-order valence-electron chi connectivity index (χ2n) is 23.7. The number of hydrogen-bond donors (Lipinski definition) is 0. The molecule has 0 amide bonds. The second kappa shape index (κ2) is 36.6. The predicted octanol–water partition coefficient (Wildman–Crippen LogP) is 22.8. The van der Waals surface area contributed by atoms with Crippen molar-refractivity contribution < 1.29 is 82.6 Å². The first-order valence-corrected chi connectivity index (χ1v) is 33.2. The third-order valence-electron chi connectivity index (χ3n) is 17.1. The fourth-order valence-corrected chi connectivity index (χ4v) is 12.6. The Kier molecular flexibility index (Phi) is 27.4. The van der Waals surface area contributed by atoms with E-state index >= 15 is 0 Å². The zero-order valence-corrected chi connectivity index (χ0v) is 63.5. The van der Waals surface area contributed by atoms with Gasteiger partial charge in [-0.05, 0) is 98.1 Å². The van der Waals surface area contributed by atoms with Gasteiger partial charge >= 0.3 is 39.0 Å². The number of anilines is 2. The number of para-hydroxylation sites is 2. The van der Waals surface area contributed by atoms with Crippen molar-refractivity contribution in [2.75, 3.05) is 16.8 Å². The third kappa shape index (κ3) is 18.6. The molecule has 12 aromatic carbocycles. The van der Waals surface area contributed by atoms with E-state index < -0.39 is 0 Å². The molecule has 7 nitrogen and oxygen atoms in total. The van der Waals surface area contributed by atoms with E-state index in [0.717, 1.165) is 78.7 Å². The average Bonchev–Trinajstić information content (AvgIpc) is 1.68. The summed E-state index contributed by atoms with van der Waals surface area (Å²) in [7, 11) is 4.05. The van der Waals surface area contributed by atoms with Crippen LogP contribution in [0.3, 0.4) is 0 Å². The van der Waals surface area contributed by atoms with Crippen LogP contribution >= 0.6 is 11.5 Å². The zero-order valence-electron chi connectivity index (χ0n) is 56.1. The van der Waals surface area contributed by atoms with Crippen LogP contribution in [-0.4, -0.2) is 26.1 Å². The molecule has 2 aromatic heterocycles. The van der Waals surface area contributed by atoms with Crippen LogP contribution in [0.25, 0.3) is 100 Å². The Balaban J connectivity index is 0.000000156. The van der Waals surface area contributed by atoms with Crippen LogP contribution in [0.1, 0.15) is 33.4 Å². The number of aryl methyl sites for hydroxylation is 1. The van der Waals surface area contributed by atoms with Gasteiger partial charge in [-0.15, -0.1) is 47.5 Å². The first kappa shape index (κ1) is 76.3. The van der Waals surface area contributed by atoms with Crippen LogP contribution in [-0.2, 0) is 89.7 Å². The van der Waals surface area contributed by atoms with E-state index in [4.69, 9.17) is 4.74 Å². The summed E-state index contributed by atoms with van der Waals surface area (Å²) in [6.07, 6.45) is 4.14. The minimum absolute atomic E-state index is 0. The molecule has 14 aromatic rings. The molecule has 2 aliphatic rings. The fourth-order valence-electron chi connectivity index (χ4n) is 11.8. The Hall–Kier alpha value is -9.87. The summed E-state index contributed by atoms with van der Waals surface area (Å²) in [5.41, 5.74) is 26.9. The van der Waals surface area contributed by atoms with Gasteiger partial charge in [0.15, 0.2) is 0 Å². The largest absolute Gasteiger partial charge is 2.00 e. The molecule has 16 rings (SSSR count). The van der Waals surface area contributed by atoms with Gasteiger partial charge in [0.1, 0.15) is 5.76 Å². The predicted molar refractivity (Wildman–Crippen MR) is 411 cm³/mol. The molecule has 0 saturated heterocycles. The van der Waals surface area contributed by atoms with Crippen molar-refractivity contribution in [1.82, 2.24) is 19.1 Å². The van der Waals surface area contributed by atoms with Crippen molar-refractivity contribution in [2.24, 2.45) is 7.05 Å². The number of rotatable bonds is 12. The minimum Gasteiger partial charge on any atom is -0.641 e. The Morgan fingerprint density at radius 2 is 0.696 bits per heavy atom. The van der Waals surface area contributed by atoms with Crippen molar-refractivity contribution in [3.63, 3.8) is 0 Å². The van der Waals surface area contributed by atoms with Gasteiger partial charge < -0.3 is 19.4 Å². The van der Waals surface area contributed by atoms with Crippen LogP contribution < -0.4 is 9.80 Å². The Morgan fingerprint density at radius 1 is 0.343 bits per heavy atom. The van der Waals surface area contributed by atoms with Crippen molar-refractivity contribution in [1.29, 1.82) is 0 Å². The molecule has 0 aliphatic carbocycles. The van der Waals surface area contributed by atoms with Crippen molar-refractivity contribution in [3.8, 4) is 88.7 Å². The molecule has 102 heavy (non-hydrogen) atoms. The van der Waals surface area contributed by atoms with Gasteiger partial charge in [-0.3, -0.25) is 4.68 Å². The van der Waals surface area contributed by atoms with Crippen LogP contribution in [0, 0.1) is 41.1 Å². The van der Waals surface area contributed by atoms with E-state index in [9.17, 15) is 0 Å². The maximum absolute atomic E-state index is 5.74. The minimum atomic E-state index is 0. The van der Waals surface area contributed by atoms with Crippen LogP contribution in [0.5, 0.6) is 0 Å². The molecule has 4 radical (unpaired) electrons. The molecule has 4 heterocycles. The van der Waals surface area contributed by atoms with Crippen molar-refractivity contribution in [2.45, 2.75) is 0 Å². The van der Waals surface area contributed by atoms with Gasteiger partial charge in [0.25, 0.3) is 0 Å². The van der Waals surface area contributed by atoms with Crippen LogP contribution in [0.15, 0.2) is 340 Å². The third-order valence-corrected chi connectivity index (χ3v) is 18.0. The smallest absolute Gasteiger partial charge is 0.641 e. The summed E-state index contributed by atoms with van der Waals surface area (Å²) in [5.74, 6) is 0.831. The average molecular weight is 1700 g/mol. The van der Waals surface area contributed by atoms with Gasteiger partial charge in [-0.1, -0.05) is 273 Å². The van der Waals surface area contributed by atoms with Crippen molar-refractivity contribution >= 4 is 34.4 Å². The molecule has 12 heteroatoms. The molecular formula is C90H72N6ORh4S-2. The maximum atomic E-state index is 5.74. The number of ether oxygens (including phenoxy) is 1.